The molecule has 4 rings (SSSR count). The van der Waals surface area contributed by atoms with Crippen molar-refractivity contribution in [3.8, 4) is 17.0 Å². The van der Waals surface area contributed by atoms with Crippen LogP contribution < -0.4 is 15.6 Å². The number of hydrogen-bond donors (Lipinski definition) is 3. The van der Waals surface area contributed by atoms with E-state index in [1.165, 1.54) is 24.3 Å². The first kappa shape index (κ1) is 17.7. The summed E-state index contributed by atoms with van der Waals surface area (Å²) in [5.41, 5.74) is 2.43. The van der Waals surface area contributed by atoms with Gasteiger partial charge >= 0.3 is 0 Å². The van der Waals surface area contributed by atoms with Gasteiger partial charge in [-0.3, -0.25) is 9.78 Å². The van der Waals surface area contributed by atoms with E-state index >= 15 is 0 Å². The Kier molecular flexibility index (Phi) is 4.76. The highest BCUT2D eigenvalue weighted by molar-refractivity contribution is 5.84. The Labute approximate surface area is 159 Å². The number of ether oxygens (including phenoxy) is 1. The molecule has 0 saturated carbocycles. The van der Waals surface area contributed by atoms with Crippen molar-refractivity contribution in [2.75, 3.05) is 19.0 Å². The number of aromatic amines is 2. The van der Waals surface area contributed by atoms with E-state index in [4.69, 9.17) is 4.74 Å². The lowest BCUT2D eigenvalue weighted by Gasteiger charge is -2.06. The molecule has 0 radical (unpaired) electrons. The fourth-order valence-electron chi connectivity index (χ4n) is 3.02. The van der Waals surface area contributed by atoms with Gasteiger partial charge in [-0.15, -0.1) is 10.2 Å². The first-order valence-electron chi connectivity index (χ1n) is 8.75. The van der Waals surface area contributed by atoms with Gasteiger partial charge in [0.05, 0.1) is 7.11 Å². The molecule has 28 heavy (non-hydrogen) atoms. The third kappa shape index (κ3) is 3.57. The van der Waals surface area contributed by atoms with Gasteiger partial charge in [-0.05, 0) is 54.4 Å². The zero-order valence-corrected chi connectivity index (χ0v) is 15.1. The molecule has 0 atom stereocenters. The number of methoxy groups -OCH3 is 1. The lowest BCUT2D eigenvalue weighted by molar-refractivity contribution is 0.415. The highest BCUT2D eigenvalue weighted by Crippen LogP contribution is 2.24. The highest BCUT2D eigenvalue weighted by atomic mass is 19.1. The van der Waals surface area contributed by atoms with Crippen molar-refractivity contribution in [1.29, 1.82) is 0 Å². The van der Waals surface area contributed by atoms with Crippen molar-refractivity contribution >= 4 is 16.9 Å². The highest BCUT2D eigenvalue weighted by Gasteiger charge is 2.09. The number of H-pyrrole nitrogens is 2. The Morgan fingerprint density at radius 3 is 2.71 bits per heavy atom. The number of nitrogens with one attached hydrogen (secondary N) is 3. The van der Waals surface area contributed by atoms with Crippen LogP contribution in [0.2, 0.25) is 0 Å². The lowest BCUT2D eigenvalue weighted by Crippen LogP contribution is -2.18. The molecule has 0 spiro atoms. The Balaban J connectivity index is 1.45. The number of halogens is 1. The van der Waals surface area contributed by atoms with E-state index in [9.17, 15) is 9.18 Å². The van der Waals surface area contributed by atoms with Crippen LogP contribution in [0.3, 0.4) is 0 Å². The van der Waals surface area contributed by atoms with Crippen molar-refractivity contribution in [2.45, 2.75) is 6.42 Å². The zero-order valence-electron chi connectivity index (χ0n) is 15.1. The van der Waals surface area contributed by atoms with Gasteiger partial charge in [0.25, 0.3) is 5.56 Å². The number of hydrogen-bond acceptors (Lipinski definition) is 5. The predicted octanol–water partition coefficient (Wildman–Crippen LogP) is 3.12. The summed E-state index contributed by atoms with van der Waals surface area (Å²) < 4.78 is 18.3. The second-order valence-electron chi connectivity index (χ2n) is 6.26. The third-order valence-corrected chi connectivity index (χ3v) is 4.48. The molecule has 7 nitrogen and oxygen atoms in total. The summed E-state index contributed by atoms with van der Waals surface area (Å²) in [6, 6.07) is 11.4. The minimum Gasteiger partial charge on any atom is -0.497 e. The summed E-state index contributed by atoms with van der Waals surface area (Å²) in [6.45, 7) is 0.560. The summed E-state index contributed by atoms with van der Waals surface area (Å²) >= 11 is 0. The standard InChI is InChI=1S/C20H18FN5O2/c1-28-15-6-7-17-16(10-15)13(11-23-17)8-9-22-20-24-19(27)18(25-26-20)12-2-4-14(21)5-3-12/h2-7,10-11,23H,8-9H2,1H3,(H2,22,24,26,27). The molecule has 8 heteroatoms. The Bertz CT molecular complexity index is 1170. The van der Waals surface area contributed by atoms with Gasteiger partial charge in [0.1, 0.15) is 11.6 Å². The molecular weight excluding hydrogens is 361 g/mol. The van der Waals surface area contributed by atoms with E-state index in [0.29, 0.717) is 12.1 Å². The third-order valence-electron chi connectivity index (χ3n) is 4.48. The first-order valence-corrected chi connectivity index (χ1v) is 8.75. The second kappa shape index (κ2) is 7.51. The molecule has 0 aliphatic rings. The number of aromatic nitrogens is 4. The monoisotopic (exact) mass is 379 g/mol. The Morgan fingerprint density at radius 1 is 1.14 bits per heavy atom. The summed E-state index contributed by atoms with van der Waals surface area (Å²) in [6.07, 6.45) is 2.68. The number of anilines is 1. The van der Waals surface area contributed by atoms with Gasteiger partial charge in [0.2, 0.25) is 5.95 Å². The summed E-state index contributed by atoms with van der Waals surface area (Å²) in [5.74, 6) is 0.711. The molecule has 0 unspecified atom stereocenters. The molecular formula is C20H18FN5O2. The maximum atomic E-state index is 13.0. The molecule has 2 aromatic heterocycles. The normalized spacial score (nSPS) is 10.9. The predicted molar refractivity (Wildman–Crippen MR) is 105 cm³/mol. The van der Waals surface area contributed by atoms with E-state index in [1.54, 1.807) is 7.11 Å². The molecule has 4 aromatic rings. The van der Waals surface area contributed by atoms with Crippen LogP contribution in [-0.2, 0) is 6.42 Å². The van der Waals surface area contributed by atoms with Crippen molar-refractivity contribution in [1.82, 2.24) is 20.2 Å². The van der Waals surface area contributed by atoms with Gasteiger partial charge in [-0.25, -0.2) is 4.39 Å². The van der Waals surface area contributed by atoms with Gasteiger partial charge < -0.3 is 15.0 Å². The van der Waals surface area contributed by atoms with Crippen molar-refractivity contribution in [3.63, 3.8) is 0 Å². The van der Waals surface area contributed by atoms with E-state index in [1.807, 2.05) is 24.4 Å². The molecule has 2 heterocycles. The SMILES string of the molecule is COc1ccc2[nH]cc(CCNc3nnc(-c4ccc(F)cc4)c(=O)[nH]3)c2c1. The van der Waals surface area contributed by atoms with Crippen LogP contribution in [0.5, 0.6) is 5.75 Å². The van der Waals surface area contributed by atoms with Gasteiger partial charge in [0.15, 0.2) is 5.69 Å². The second-order valence-corrected chi connectivity index (χ2v) is 6.26. The molecule has 0 bridgehead atoms. The molecule has 0 aliphatic carbocycles. The molecule has 142 valence electrons. The number of benzene rings is 2. The van der Waals surface area contributed by atoms with Crippen molar-refractivity contribution in [2.24, 2.45) is 0 Å². The molecule has 2 aromatic carbocycles. The van der Waals surface area contributed by atoms with E-state index in [0.717, 1.165) is 28.6 Å². The maximum Gasteiger partial charge on any atom is 0.279 e. The van der Waals surface area contributed by atoms with Crippen LogP contribution in [0, 0.1) is 5.82 Å². The molecule has 3 N–H and O–H groups in total. The Hall–Kier alpha value is -3.68. The molecule has 0 fully saturated rings. The quantitative estimate of drug-likeness (QED) is 0.478. The largest absolute Gasteiger partial charge is 0.497 e. The van der Waals surface area contributed by atoms with E-state index < -0.39 is 0 Å². The average Bonchev–Trinajstić information content (AvgIpc) is 3.11. The Morgan fingerprint density at radius 2 is 1.96 bits per heavy atom. The maximum absolute atomic E-state index is 13.0. The lowest BCUT2D eigenvalue weighted by atomic mass is 10.1. The first-order chi connectivity index (χ1) is 13.6. The summed E-state index contributed by atoms with van der Waals surface area (Å²) in [7, 11) is 1.64. The van der Waals surface area contributed by atoms with Crippen LogP contribution >= 0.6 is 0 Å². The number of nitrogens with zero attached hydrogens (tertiary/aromatic N) is 2. The fraction of sp³-hybridized carbons (Fsp3) is 0.150. The van der Waals surface area contributed by atoms with Crippen molar-refractivity contribution in [3.05, 3.63) is 70.4 Å². The van der Waals surface area contributed by atoms with Gasteiger partial charge in [0, 0.05) is 29.2 Å². The zero-order chi connectivity index (χ0) is 19.5. The van der Waals surface area contributed by atoms with Crippen LogP contribution in [0.4, 0.5) is 10.3 Å². The van der Waals surface area contributed by atoms with Gasteiger partial charge in [-0.2, -0.15) is 0 Å². The molecule has 0 saturated heterocycles. The van der Waals surface area contributed by atoms with E-state index in [2.05, 4.69) is 25.5 Å². The summed E-state index contributed by atoms with van der Waals surface area (Å²) in [4.78, 5) is 18.1. The summed E-state index contributed by atoms with van der Waals surface area (Å²) in [5, 5.41) is 12.1. The minimum atomic E-state index is -0.388. The molecule has 0 amide bonds. The van der Waals surface area contributed by atoms with Crippen LogP contribution in [0.1, 0.15) is 5.56 Å². The van der Waals surface area contributed by atoms with E-state index in [-0.39, 0.29) is 23.0 Å². The van der Waals surface area contributed by atoms with Gasteiger partial charge in [-0.1, -0.05) is 0 Å². The molecule has 0 aliphatic heterocycles. The van der Waals surface area contributed by atoms with Crippen LogP contribution in [-0.4, -0.2) is 33.8 Å². The number of rotatable bonds is 6. The smallest absolute Gasteiger partial charge is 0.279 e. The topological polar surface area (TPSA) is 95.7 Å². The minimum absolute atomic E-state index is 0.147. The fourth-order valence-corrected chi connectivity index (χ4v) is 3.02. The van der Waals surface area contributed by atoms with Crippen molar-refractivity contribution < 1.29 is 9.13 Å². The van der Waals surface area contributed by atoms with Crippen LogP contribution in [0.25, 0.3) is 22.2 Å². The van der Waals surface area contributed by atoms with Crippen LogP contribution in [0.15, 0.2) is 53.5 Å². The number of fused-ring (bicyclic) bond motifs is 1. The average molecular weight is 379 g/mol.